The Morgan fingerprint density at radius 1 is 1.00 bits per heavy atom. The summed E-state index contributed by atoms with van der Waals surface area (Å²) >= 11 is 2.99. The highest BCUT2D eigenvalue weighted by molar-refractivity contribution is 7.15. The van der Waals surface area contributed by atoms with Crippen molar-refractivity contribution in [2.75, 3.05) is 11.5 Å². The summed E-state index contributed by atoms with van der Waals surface area (Å²) < 4.78 is 0. The number of nitrogens with zero attached hydrogens (tertiary/aromatic N) is 4. The Hall–Kier alpha value is -1.28. The second kappa shape index (κ2) is 4.77. The fourth-order valence-corrected chi connectivity index (χ4v) is 3.97. The van der Waals surface area contributed by atoms with E-state index in [2.05, 4.69) is 20.4 Å². The molecule has 18 heavy (non-hydrogen) atoms. The minimum atomic E-state index is 0.509. The maximum atomic E-state index is 5.62. The van der Waals surface area contributed by atoms with Gasteiger partial charge in [0.2, 0.25) is 10.3 Å². The Labute approximate surface area is 112 Å². The molecule has 0 spiro atoms. The second-order valence-corrected chi connectivity index (χ2v) is 6.73. The summed E-state index contributed by atoms with van der Waals surface area (Å²) in [6, 6.07) is 0. The van der Waals surface area contributed by atoms with Crippen LogP contribution in [0.5, 0.6) is 0 Å². The van der Waals surface area contributed by atoms with Crippen molar-refractivity contribution in [3.63, 3.8) is 0 Å². The minimum Gasteiger partial charge on any atom is -0.374 e. The molecule has 96 valence electrons. The van der Waals surface area contributed by atoms with E-state index < -0.39 is 0 Å². The van der Waals surface area contributed by atoms with Gasteiger partial charge in [0.15, 0.2) is 0 Å². The van der Waals surface area contributed by atoms with Crippen molar-refractivity contribution in [3.8, 4) is 0 Å². The lowest BCUT2D eigenvalue weighted by Crippen LogP contribution is -2.00. The second-order valence-electron chi connectivity index (χ2n) is 4.59. The SMILES string of the molecule is Nc1nnc(C[C@H]2CC[C@@H](c3nnc(N)s3)C2)s1. The lowest BCUT2D eigenvalue weighted by molar-refractivity contribution is 0.531. The zero-order valence-electron chi connectivity index (χ0n) is 9.74. The fourth-order valence-electron chi connectivity index (χ4n) is 2.49. The molecule has 0 amide bonds. The molecule has 0 aromatic carbocycles. The Morgan fingerprint density at radius 2 is 1.78 bits per heavy atom. The van der Waals surface area contributed by atoms with Crippen molar-refractivity contribution >= 4 is 32.9 Å². The molecule has 3 rings (SSSR count). The first-order valence-corrected chi connectivity index (χ1v) is 7.50. The number of nitrogens with two attached hydrogens (primary N) is 2. The minimum absolute atomic E-state index is 0.509. The van der Waals surface area contributed by atoms with Gasteiger partial charge in [0.1, 0.15) is 10.0 Å². The predicted octanol–water partition coefficient (Wildman–Crippen LogP) is 1.68. The van der Waals surface area contributed by atoms with Crippen LogP contribution in [-0.2, 0) is 6.42 Å². The average Bonchev–Trinajstić information content (AvgIpc) is 3.01. The zero-order valence-corrected chi connectivity index (χ0v) is 11.4. The number of anilines is 2. The summed E-state index contributed by atoms with van der Waals surface area (Å²) in [5.41, 5.74) is 11.2. The molecule has 2 atom stereocenters. The molecule has 4 N–H and O–H groups in total. The summed E-state index contributed by atoms with van der Waals surface area (Å²) in [5, 5.41) is 19.2. The first kappa shape index (κ1) is 11.8. The van der Waals surface area contributed by atoms with Crippen LogP contribution in [0.1, 0.15) is 35.2 Å². The molecule has 1 aliphatic carbocycles. The Bertz CT molecular complexity index is 536. The van der Waals surface area contributed by atoms with Gasteiger partial charge >= 0.3 is 0 Å². The van der Waals surface area contributed by atoms with Gasteiger partial charge in [-0.05, 0) is 25.2 Å². The van der Waals surface area contributed by atoms with Gasteiger partial charge in [-0.3, -0.25) is 0 Å². The number of rotatable bonds is 3. The summed E-state index contributed by atoms with van der Waals surface area (Å²) in [5.74, 6) is 1.16. The molecule has 1 aliphatic rings. The van der Waals surface area contributed by atoms with Gasteiger partial charge in [-0.1, -0.05) is 22.7 Å². The molecule has 0 saturated heterocycles. The molecular weight excluding hydrogens is 268 g/mol. The van der Waals surface area contributed by atoms with Gasteiger partial charge in [-0.25, -0.2) is 0 Å². The van der Waals surface area contributed by atoms with E-state index in [0.29, 0.717) is 22.1 Å². The smallest absolute Gasteiger partial charge is 0.203 e. The molecule has 2 heterocycles. The molecular formula is C10H14N6S2. The third-order valence-electron chi connectivity index (χ3n) is 3.29. The molecule has 0 unspecified atom stereocenters. The molecule has 8 heteroatoms. The predicted molar refractivity (Wildman–Crippen MR) is 72.4 cm³/mol. The normalized spacial score (nSPS) is 23.6. The first-order chi connectivity index (χ1) is 8.70. The first-order valence-electron chi connectivity index (χ1n) is 5.87. The van der Waals surface area contributed by atoms with Gasteiger partial charge < -0.3 is 11.5 Å². The zero-order chi connectivity index (χ0) is 12.5. The van der Waals surface area contributed by atoms with Crippen LogP contribution in [0, 0.1) is 5.92 Å². The van der Waals surface area contributed by atoms with E-state index in [0.717, 1.165) is 29.3 Å². The van der Waals surface area contributed by atoms with Crippen LogP contribution in [0.3, 0.4) is 0 Å². The lowest BCUT2D eigenvalue weighted by Gasteiger charge is -2.06. The topological polar surface area (TPSA) is 104 Å². The average molecular weight is 282 g/mol. The maximum Gasteiger partial charge on any atom is 0.203 e. The largest absolute Gasteiger partial charge is 0.374 e. The van der Waals surface area contributed by atoms with E-state index in [1.54, 1.807) is 0 Å². The van der Waals surface area contributed by atoms with Crippen LogP contribution >= 0.6 is 22.7 Å². The van der Waals surface area contributed by atoms with Crippen molar-refractivity contribution in [2.24, 2.45) is 5.92 Å². The third-order valence-corrected chi connectivity index (χ3v) is 4.98. The van der Waals surface area contributed by atoms with E-state index in [4.69, 9.17) is 11.5 Å². The third kappa shape index (κ3) is 2.44. The highest BCUT2D eigenvalue weighted by Crippen LogP contribution is 2.41. The number of hydrogen-bond donors (Lipinski definition) is 2. The van der Waals surface area contributed by atoms with Gasteiger partial charge in [-0.15, -0.1) is 20.4 Å². The van der Waals surface area contributed by atoms with Crippen molar-refractivity contribution in [3.05, 3.63) is 10.0 Å². The van der Waals surface area contributed by atoms with Crippen molar-refractivity contribution in [1.82, 2.24) is 20.4 Å². The number of nitrogen functional groups attached to an aromatic ring is 2. The molecule has 6 nitrogen and oxygen atoms in total. The maximum absolute atomic E-state index is 5.62. The van der Waals surface area contributed by atoms with E-state index in [-0.39, 0.29) is 0 Å². The van der Waals surface area contributed by atoms with Crippen molar-refractivity contribution < 1.29 is 0 Å². The summed E-state index contributed by atoms with van der Waals surface area (Å²) in [7, 11) is 0. The summed E-state index contributed by atoms with van der Waals surface area (Å²) in [6.07, 6.45) is 4.46. The quantitative estimate of drug-likeness (QED) is 0.887. The molecule has 1 saturated carbocycles. The van der Waals surface area contributed by atoms with Crippen LogP contribution in [0.4, 0.5) is 10.3 Å². The monoisotopic (exact) mass is 282 g/mol. The van der Waals surface area contributed by atoms with Crippen molar-refractivity contribution in [2.45, 2.75) is 31.6 Å². The van der Waals surface area contributed by atoms with Gasteiger partial charge in [0, 0.05) is 12.3 Å². The Morgan fingerprint density at radius 3 is 2.44 bits per heavy atom. The van der Waals surface area contributed by atoms with E-state index in [1.165, 1.54) is 29.1 Å². The van der Waals surface area contributed by atoms with Crippen molar-refractivity contribution in [1.29, 1.82) is 0 Å². The standard InChI is InChI=1S/C10H14N6S2/c11-9-15-13-7(17-9)4-5-1-2-6(3-5)8-14-16-10(12)18-8/h5-6H,1-4H2,(H2,11,15)(H2,12,16)/t5-,6+/m0/s1. The fraction of sp³-hybridized carbons (Fsp3) is 0.600. The van der Waals surface area contributed by atoms with Crippen LogP contribution in [0.2, 0.25) is 0 Å². The van der Waals surface area contributed by atoms with Crippen LogP contribution in [0.25, 0.3) is 0 Å². The van der Waals surface area contributed by atoms with Gasteiger partial charge in [0.25, 0.3) is 0 Å². The van der Waals surface area contributed by atoms with Gasteiger partial charge in [-0.2, -0.15) is 0 Å². The molecule has 0 radical (unpaired) electrons. The van der Waals surface area contributed by atoms with Crippen LogP contribution < -0.4 is 11.5 Å². The van der Waals surface area contributed by atoms with Gasteiger partial charge in [0.05, 0.1) is 0 Å². The highest BCUT2D eigenvalue weighted by atomic mass is 32.1. The molecule has 0 aliphatic heterocycles. The number of aromatic nitrogens is 4. The Kier molecular flexibility index (Phi) is 3.13. The van der Waals surface area contributed by atoms with E-state index in [9.17, 15) is 0 Å². The molecule has 0 bridgehead atoms. The lowest BCUT2D eigenvalue weighted by atomic mass is 10.0. The van der Waals surface area contributed by atoms with Crippen LogP contribution in [0.15, 0.2) is 0 Å². The van der Waals surface area contributed by atoms with E-state index in [1.807, 2.05) is 0 Å². The Balaban J connectivity index is 1.61. The number of hydrogen-bond acceptors (Lipinski definition) is 8. The van der Waals surface area contributed by atoms with E-state index >= 15 is 0 Å². The highest BCUT2D eigenvalue weighted by Gasteiger charge is 2.29. The summed E-state index contributed by atoms with van der Waals surface area (Å²) in [4.78, 5) is 0. The van der Waals surface area contributed by atoms with Crippen LogP contribution in [-0.4, -0.2) is 20.4 Å². The molecule has 1 fully saturated rings. The molecule has 2 aromatic rings. The molecule has 2 aromatic heterocycles. The summed E-state index contributed by atoms with van der Waals surface area (Å²) in [6.45, 7) is 0.